The molecule has 1 unspecified atom stereocenters. The maximum Gasteiger partial charge on any atom is 0.124 e. The topological polar surface area (TPSA) is 31.4 Å². The molecule has 0 radical (unpaired) electrons. The number of aromatic nitrogens is 1. The number of pyridine rings is 1. The lowest BCUT2D eigenvalue weighted by atomic mass is 10.1. The van der Waals surface area contributed by atoms with Gasteiger partial charge in [0, 0.05) is 63.4 Å². The second-order valence-electron chi connectivity index (χ2n) is 6.60. The normalized spacial score (nSPS) is 22.6. The van der Waals surface area contributed by atoms with Crippen LogP contribution in [0.25, 0.3) is 10.9 Å². The average molecular weight is 351 g/mol. The van der Waals surface area contributed by atoms with Crippen molar-refractivity contribution in [2.45, 2.75) is 19.0 Å². The Balaban J connectivity index is 0.00000169. The maximum absolute atomic E-state index is 13.9. The first-order valence-electron chi connectivity index (χ1n) is 8.50. The van der Waals surface area contributed by atoms with Gasteiger partial charge in [0.05, 0.1) is 5.52 Å². The van der Waals surface area contributed by atoms with E-state index in [1.165, 1.54) is 6.42 Å². The number of nitrogens with one attached hydrogen (secondary N) is 1. The number of rotatable bonds is 3. The van der Waals surface area contributed by atoms with E-state index in [1.54, 1.807) is 18.3 Å². The van der Waals surface area contributed by atoms with Crippen molar-refractivity contribution in [2.75, 3.05) is 39.3 Å². The molecule has 6 heteroatoms. The molecule has 2 aliphatic heterocycles. The molecule has 0 amide bonds. The van der Waals surface area contributed by atoms with Crippen LogP contribution >= 0.6 is 12.4 Å². The molecule has 0 bridgehead atoms. The van der Waals surface area contributed by atoms with E-state index in [0.29, 0.717) is 6.04 Å². The standard InChI is InChI=1S/C18H23FN4.ClH/c19-16-10-14-2-1-4-21-18(14)15(11-16)12-22-7-3-17(13-22)23-8-5-20-6-9-23;/h1-2,4,10-11,17,20H,3,5-9,12-13H2;1H. The van der Waals surface area contributed by atoms with Gasteiger partial charge in [-0.05, 0) is 30.2 Å². The predicted octanol–water partition coefficient (Wildman–Crippen LogP) is 2.28. The van der Waals surface area contributed by atoms with Crippen LogP contribution in [-0.4, -0.2) is 60.1 Å². The summed E-state index contributed by atoms with van der Waals surface area (Å²) in [5.41, 5.74) is 1.93. The summed E-state index contributed by atoms with van der Waals surface area (Å²) in [5, 5.41) is 4.30. The van der Waals surface area contributed by atoms with Crippen LogP contribution in [0.5, 0.6) is 0 Å². The molecule has 2 saturated heterocycles. The van der Waals surface area contributed by atoms with Crippen LogP contribution in [0.1, 0.15) is 12.0 Å². The van der Waals surface area contributed by atoms with Crippen molar-refractivity contribution < 1.29 is 4.39 Å². The lowest BCUT2D eigenvalue weighted by Crippen LogP contribution is -2.49. The number of hydrogen-bond acceptors (Lipinski definition) is 4. The van der Waals surface area contributed by atoms with Gasteiger partial charge in [0.25, 0.3) is 0 Å². The van der Waals surface area contributed by atoms with E-state index in [4.69, 9.17) is 0 Å². The minimum atomic E-state index is -0.168. The molecule has 1 atom stereocenters. The Morgan fingerprint density at radius 3 is 2.88 bits per heavy atom. The lowest BCUT2D eigenvalue weighted by Gasteiger charge is -2.32. The van der Waals surface area contributed by atoms with Crippen LogP contribution in [0, 0.1) is 5.82 Å². The smallest absolute Gasteiger partial charge is 0.124 e. The molecule has 1 aromatic heterocycles. The van der Waals surface area contributed by atoms with Crippen LogP contribution in [0.4, 0.5) is 4.39 Å². The Morgan fingerprint density at radius 1 is 1.21 bits per heavy atom. The zero-order chi connectivity index (χ0) is 15.6. The Kier molecular flexibility index (Phi) is 5.66. The Morgan fingerprint density at radius 2 is 2.04 bits per heavy atom. The number of fused-ring (bicyclic) bond motifs is 1. The number of benzene rings is 1. The van der Waals surface area contributed by atoms with E-state index in [9.17, 15) is 4.39 Å². The van der Waals surface area contributed by atoms with Gasteiger partial charge in [-0.3, -0.25) is 14.8 Å². The minimum Gasteiger partial charge on any atom is -0.314 e. The van der Waals surface area contributed by atoms with Gasteiger partial charge >= 0.3 is 0 Å². The Hall–Kier alpha value is -1.27. The molecule has 0 spiro atoms. The molecule has 2 aliphatic rings. The highest BCUT2D eigenvalue weighted by molar-refractivity contribution is 5.85. The third-order valence-electron chi connectivity index (χ3n) is 5.06. The molecule has 2 fully saturated rings. The fourth-order valence-electron chi connectivity index (χ4n) is 3.89. The molecular formula is C18H24ClFN4. The fourth-order valence-corrected chi connectivity index (χ4v) is 3.89. The van der Waals surface area contributed by atoms with Crippen molar-refractivity contribution in [1.29, 1.82) is 0 Å². The average Bonchev–Trinajstić information content (AvgIpc) is 3.04. The van der Waals surface area contributed by atoms with Gasteiger partial charge < -0.3 is 5.32 Å². The summed E-state index contributed by atoms with van der Waals surface area (Å²) in [6, 6.07) is 7.65. The second kappa shape index (κ2) is 7.74. The third kappa shape index (κ3) is 3.70. The van der Waals surface area contributed by atoms with Gasteiger partial charge in [-0.15, -0.1) is 12.4 Å². The highest BCUT2D eigenvalue weighted by Gasteiger charge is 2.28. The van der Waals surface area contributed by atoms with Gasteiger partial charge in [0.15, 0.2) is 0 Å². The highest BCUT2D eigenvalue weighted by atomic mass is 35.5. The summed E-state index contributed by atoms with van der Waals surface area (Å²) in [6.45, 7) is 7.41. The van der Waals surface area contributed by atoms with Crippen molar-refractivity contribution in [3.05, 3.63) is 41.8 Å². The molecule has 2 aromatic rings. The van der Waals surface area contributed by atoms with E-state index in [-0.39, 0.29) is 18.2 Å². The molecule has 4 nitrogen and oxygen atoms in total. The number of hydrogen-bond donors (Lipinski definition) is 1. The molecule has 24 heavy (non-hydrogen) atoms. The van der Waals surface area contributed by atoms with Crippen LogP contribution in [-0.2, 0) is 6.54 Å². The molecule has 0 saturated carbocycles. The predicted molar refractivity (Wildman–Crippen MR) is 97.1 cm³/mol. The van der Waals surface area contributed by atoms with Crippen LogP contribution in [0.2, 0.25) is 0 Å². The zero-order valence-electron chi connectivity index (χ0n) is 13.7. The molecular weight excluding hydrogens is 327 g/mol. The van der Waals surface area contributed by atoms with Crippen LogP contribution in [0.15, 0.2) is 30.5 Å². The van der Waals surface area contributed by atoms with E-state index in [0.717, 1.165) is 62.3 Å². The maximum atomic E-state index is 13.9. The molecule has 0 aliphatic carbocycles. The van der Waals surface area contributed by atoms with Crippen LogP contribution < -0.4 is 5.32 Å². The zero-order valence-corrected chi connectivity index (χ0v) is 14.6. The fraction of sp³-hybridized carbons (Fsp3) is 0.500. The van der Waals surface area contributed by atoms with Gasteiger partial charge in [-0.2, -0.15) is 0 Å². The highest BCUT2D eigenvalue weighted by Crippen LogP contribution is 2.23. The van der Waals surface area contributed by atoms with Crippen molar-refractivity contribution >= 4 is 23.3 Å². The van der Waals surface area contributed by atoms with E-state index >= 15 is 0 Å². The van der Waals surface area contributed by atoms with Gasteiger partial charge in [0.2, 0.25) is 0 Å². The summed E-state index contributed by atoms with van der Waals surface area (Å²) in [4.78, 5) is 9.50. The summed E-state index contributed by atoms with van der Waals surface area (Å²) >= 11 is 0. The Bertz CT molecular complexity index is 690. The van der Waals surface area contributed by atoms with Gasteiger partial charge in [-0.1, -0.05) is 6.07 Å². The van der Waals surface area contributed by atoms with Crippen molar-refractivity contribution in [3.63, 3.8) is 0 Å². The van der Waals surface area contributed by atoms with E-state index < -0.39 is 0 Å². The SMILES string of the molecule is Cl.Fc1cc(CN2CCC(N3CCNCC3)C2)c2ncccc2c1. The summed E-state index contributed by atoms with van der Waals surface area (Å²) in [6.07, 6.45) is 3.00. The summed E-state index contributed by atoms with van der Waals surface area (Å²) in [7, 11) is 0. The molecule has 4 rings (SSSR count). The summed E-state index contributed by atoms with van der Waals surface area (Å²) in [5.74, 6) is -0.168. The number of halogens is 2. The number of likely N-dealkylation sites (tertiary alicyclic amines) is 1. The van der Waals surface area contributed by atoms with Crippen molar-refractivity contribution in [2.24, 2.45) is 0 Å². The molecule has 3 heterocycles. The summed E-state index contributed by atoms with van der Waals surface area (Å²) < 4.78 is 13.9. The molecule has 130 valence electrons. The lowest BCUT2D eigenvalue weighted by molar-refractivity contribution is 0.170. The van der Waals surface area contributed by atoms with E-state index in [2.05, 4.69) is 20.1 Å². The van der Waals surface area contributed by atoms with Crippen molar-refractivity contribution in [3.8, 4) is 0 Å². The van der Waals surface area contributed by atoms with Crippen LogP contribution in [0.3, 0.4) is 0 Å². The minimum absolute atomic E-state index is 0. The quantitative estimate of drug-likeness (QED) is 0.920. The van der Waals surface area contributed by atoms with Crippen molar-refractivity contribution in [1.82, 2.24) is 20.1 Å². The first kappa shape index (κ1) is 17.5. The van der Waals surface area contributed by atoms with Gasteiger partial charge in [-0.25, -0.2) is 4.39 Å². The number of piperazine rings is 1. The monoisotopic (exact) mass is 350 g/mol. The first-order chi connectivity index (χ1) is 11.3. The molecule has 1 aromatic carbocycles. The Labute approximate surface area is 148 Å². The number of nitrogens with zero attached hydrogens (tertiary/aromatic N) is 3. The second-order valence-corrected chi connectivity index (χ2v) is 6.60. The largest absolute Gasteiger partial charge is 0.314 e. The third-order valence-corrected chi connectivity index (χ3v) is 5.06. The van der Waals surface area contributed by atoms with Gasteiger partial charge in [0.1, 0.15) is 5.82 Å². The molecule has 1 N–H and O–H groups in total. The van der Waals surface area contributed by atoms with E-state index in [1.807, 2.05) is 12.1 Å². The first-order valence-corrected chi connectivity index (χ1v) is 8.50.